The van der Waals surface area contributed by atoms with Crippen LogP contribution in [0.1, 0.15) is 22.5 Å². The molecule has 0 saturated carbocycles. The van der Waals surface area contributed by atoms with Gasteiger partial charge < -0.3 is 5.32 Å². The lowest BCUT2D eigenvalue weighted by molar-refractivity contribution is 0.917. The zero-order valence-corrected chi connectivity index (χ0v) is 16.6. The molecule has 136 valence electrons. The fourth-order valence-electron chi connectivity index (χ4n) is 3.48. The average Bonchev–Trinajstić information content (AvgIpc) is 2.91. The van der Waals surface area contributed by atoms with Crippen LogP contribution in [0.25, 0.3) is 16.8 Å². The van der Waals surface area contributed by atoms with Crippen molar-refractivity contribution in [3.05, 3.63) is 76.1 Å². The van der Waals surface area contributed by atoms with E-state index in [2.05, 4.69) is 37.4 Å². The van der Waals surface area contributed by atoms with Gasteiger partial charge in [-0.2, -0.15) is 9.61 Å². The number of aromatic nitrogens is 3. The van der Waals surface area contributed by atoms with Crippen LogP contribution in [0.2, 0.25) is 5.02 Å². The first-order valence-corrected chi connectivity index (χ1v) is 9.27. The normalized spacial score (nSPS) is 11.1. The van der Waals surface area contributed by atoms with Crippen molar-refractivity contribution in [3.8, 4) is 11.1 Å². The Labute approximate surface area is 163 Å². The lowest BCUT2D eigenvalue weighted by Gasteiger charge is -2.11. The molecule has 4 aromatic rings. The molecule has 0 aliphatic rings. The van der Waals surface area contributed by atoms with Crippen molar-refractivity contribution in [1.82, 2.24) is 14.6 Å². The van der Waals surface area contributed by atoms with E-state index in [1.165, 1.54) is 11.1 Å². The molecule has 0 spiro atoms. The number of fused-ring (bicyclic) bond motifs is 1. The summed E-state index contributed by atoms with van der Waals surface area (Å²) in [5.74, 6) is 0.894. The number of halogens is 1. The summed E-state index contributed by atoms with van der Waals surface area (Å²) < 4.78 is 1.88. The highest BCUT2D eigenvalue weighted by molar-refractivity contribution is 6.30. The number of aryl methyl sites for hydroxylation is 4. The van der Waals surface area contributed by atoms with Crippen molar-refractivity contribution in [2.24, 2.45) is 0 Å². The van der Waals surface area contributed by atoms with Crippen molar-refractivity contribution in [3.63, 3.8) is 0 Å². The van der Waals surface area contributed by atoms with Gasteiger partial charge in [0.25, 0.3) is 0 Å². The Hall–Kier alpha value is -2.85. The average molecular weight is 377 g/mol. The SMILES string of the molecule is Cc1cc(C)cc(Nc2cc(C)nc3c(-c4ccc(Cl)cc4)c(C)nn23)c1. The molecular weight excluding hydrogens is 356 g/mol. The molecule has 1 N–H and O–H groups in total. The van der Waals surface area contributed by atoms with Crippen LogP contribution in [-0.4, -0.2) is 14.6 Å². The first kappa shape index (κ1) is 17.6. The standard InChI is InChI=1S/C22H21ClN4/c1-13-9-14(2)11-19(10-13)25-20-12-15(3)24-22-21(16(4)26-27(20)22)17-5-7-18(23)8-6-17/h5-12,25H,1-4H3. The zero-order valence-electron chi connectivity index (χ0n) is 15.8. The van der Waals surface area contributed by atoms with Gasteiger partial charge in [0.1, 0.15) is 5.82 Å². The Balaban J connectivity index is 1.87. The van der Waals surface area contributed by atoms with Crippen LogP contribution in [0.3, 0.4) is 0 Å². The van der Waals surface area contributed by atoms with Gasteiger partial charge in [0, 0.05) is 28.0 Å². The summed E-state index contributed by atoms with van der Waals surface area (Å²) in [5.41, 5.74) is 8.27. The molecule has 2 heterocycles. The van der Waals surface area contributed by atoms with E-state index in [4.69, 9.17) is 21.7 Å². The Bertz CT molecular complexity index is 1120. The molecule has 0 unspecified atom stereocenters. The highest BCUT2D eigenvalue weighted by Gasteiger charge is 2.16. The molecule has 2 aromatic carbocycles. The number of anilines is 2. The molecule has 0 bridgehead atoms. The van der Waals surface area contributed by atoms with Gasteiger partial charge >= 0.3 is 0 Å². The number of benzene rings is 2. The largest absolute Gasteiger partial charge is 0.340 e. The highest BCUT2D eigenvalue weighted by atomic mass is 35.5. The summed E-state index contributed by atoms with van der Waals surface area (Å²) in [4.78, 5) is 4.76. The minimum Gasteiger partial charge on any atom is -0.340 e. The van der Waals surface area contributed by atoms with Gasteiger partial charge in [0.15, 0.2) is 5.65 Å². The second kappa shape index (κ2) is 6.71. The number of nitrogens with one attached hydrogen (secondary N) is 1. The number of nitrogens with zero attached hydrogens (tertiary/aromatic N) is 3. The molecule has 0 saturated heterocycles. The van der Waals surface area contributed by atoms with E-state index in [1.807, 2.05) is 48.7 Å². The van der Waals surface area contributed by atoms with Crippen LogP contribution < -0.4 is 5.32 Å². The van der Waals surface area contributed by atoms with Crippen LogP contribution in [-0.2, 0) is 0 Å². The molecule has 0 aliphatic heterocycles. The van der Waals surface area contributed by atoms with E-state index >= 15 is 0 Å². The van der Waals surface area contributed by atoms with Gasteiger partial charge in [-0.1, -0.05) is 29.8 Å². The smallest absolute Gasteiger partial charge is 0.165 e. The third-order valence-corrected chi connectivity index (χ3v) is 4.77. The number of rotatable bonds is 3. The van der Waals surface area contributed by atoms with Crippen molar-refractivity contribution in [2.45, 2.75) is 27.7 Å². The van der Waals surface area contributed by atoms with E-state index in [0.717, 1.165) is 39.7 Å². The van der Waals surface area contributed by atoms with Crippen LogP contribution in [0.4, 0.5) is 11.5 Å². The van der Waals surface area contributed by atoms with Crippen LogP contribution in [0.5, 0.6) is 0 Å². The summed E-state index contributed by atoms with van der Waals surface area (Å²) in [6.07, 6.45) is 0. The Morgan fingerprint density at radius 3 is 2.22 bits per heavy atom. The van der Waals surface area contributed by atoms with Crippen molar-refractivity contribution in [1.29, 1.82) is 0 Å². The second-order valence-electron chi connectivity index (χ2n) is 6.99. The quantitative estimate of drug-likeness (QED) is 0.474. The maximum Gasteiger partial charge on any atom is 0.165 e. The summed E-state index contributed by atoms with van der Waals surface area (Å²) in [6, 6.07) is 16.2. The molecule has 4 rings (SSSR count). The van der Waals surface area contributed by atoms with E-state index in [0.29, 0.717) is 5.02 Å². The Kier molecular flexibility index (Phi) is 4.36. The van der Waals surface area contributed by atoms with E-state index in [9.17, 15) is 0 Å². The van der Waals surface area contributed by atoms with Gasteiger partial charge in [-0.25, -0.2) is 4.98 Å². The van der Waals surface area contributed by atoms with Gasteiger partial charge in [0.2, 0.25) is 0 Å². The molecule has 0 aliphatic carbocycles. The lowest BCUT2D eigenvalue weighted by Crippen LogP contribution is -2.03. The Morgan fingerprint density at radius 2 is 1.56 bits per heavy atom. The number of hydrogen-bond acceptors (Lipinski definition) is 3. The highest BCUT2D eigenvalue weighted by Crippen LogP contribution is 2.31. The lowest BCUT2D eigenvalue weighted by atomic mass is 10.1. The van der Waals surface area contributed by atoms with Crippen molar-refractivity contribution >= 4 is 28.8 Å². The first-order chi connectivity index (χ1) is 12.9. The molecule has 5 heteroatoms. The maximum atomic E-state index is 6.05. The van der Waals surface area contributed by atoms with Gasteiger partial charge in [-0.05, 0) is 68.7 Å². The Morgan fingerprint density at radius 1 is 0.889 bits per heavy atom. The summed E-state index contributed by atoms with van der Waals surface area (Å²) in [7, 11) is 0. The molecule has 0 atom stereocenters. The predicted octanol–water partition coefficient (Wildman–Crippen LogP) is 6.03. The van der Waals surface area contributed by atoms with Crippen LogP contribution in [0.15, 0.2) is 48.5 Å². The van der Waals surface area contributed by atoms with Crippen LogP contribution >= 0.6 is 11.6 Å². The van der Waals surface area contributed by atoms with E-state index in [-0.39, 0.29) is 0 Å². The summed E-state index contributed by atoms with van der Waals surface area (Å²) in [6.45, 7) is 8.21. The fourth-order valence-corrected chi connectivity index (χ4v) is 3.61. The van der Waals surface area contributed by atoms with Gasteiger partial charge in [0.05, 0.1) is 5.69 Å². The second-order valence-corrected chi connectivity index (χ2v) is 7.42. The van der Waals surface area contributed by atoms with Crippen LogP contribution in [0, 0.1) is 27.7 Å². The third kappa shape index (κ3) is 3.40. The molecule has 27 heavy (non-hydrogen) atoms. The zero-order chi connectivity index (χ0) is 19.1. The summed E-state index contributed by atoms with van der Waals surface area (Å²) >= 11 is 6.05. The van der Waals surface area contributed by atoms with Gasteiger partial charge in [-0.3, -0.25) is 0 Å². The topological polar surface area (TPSA) is 42.2 Å². The molecule has 2 aromatic heterocycles. The molecule has 0 fully saturated rings. The minimum atomic E-state index is 0.717. The molecular formula is C22H21ClN4. The van der Waals surface area contributed by atoms with Crippen molar-refractivity contribution < 1.29 is 0 Å². The molecule has 4 nitrogen and oxygen atoms in total. The minimum absolute atomic E-state index is 0.717. The summed E-state index contributed by atoms with van der Waals surface area (Å²) in [5, 5.41) is 8.98. The van der Waals surface area contributed by atoms with Crippen molar-refractivity contribution in [2.75, 3.05) is 5.32 Å². The predicted molar refractivity (Wildman–Crippen MR) is 112 cm³/mol. The van der Waals surface area contributed by atoms with E-state index in [1.54, 1.807) is 0 Å². The fraction of sp³-hybridized carbons (Fsp3) is 0.182. The monoisotopic (exact) mass is 376 g/mol. The van der Waals surface area contributed by atoms with Gasteiger partial charge in [-0.15, -0.1) is 0 Å². The molecule has 0 radical (unpaired) electrons. The third-order valence-electron chi connectivity index (χ3n) is 4.52. The number of hydrogen-bond donors (Lipinski definition) is 1. The molecule has 0 amide bonds. The first-order valence-electron chi connectivity index (χ1n) is 8.89. The maximum absolute atomic E-state index is 6.05. The van der Waals surface area contributed by atoms with E-state index < -0.39 is 0 Å².